The van der Waals surface area contributed by atoms with E-state index in [1.807, 2.05) is 48.9 Å². The Morgan fingerprint density at radius 1 is 1.39 bits per heavy atom. The third-order valence-corrected chi connectivity index (χ3v) is 3.95. The van der Waals surface area contributed by atoms with Crippen molar-refractivity contribution in [2.24, 2.45) is 16.3 Å². The fourth-order valence-corrected chi connectivity index (χ4v) is 2.82. The number of hydrogen-bond acceptors (Lipinski definition) is 4. The molecule has 0 unspecified atom stereocenters. The number of rotatable bonds is 2. The van der Waals surface area contributed by atoms with Crippen molar-refractivity contribution in [2.75, 3.05) is 0 Å². The van der Waals surface area contributed by atoms with Crippen molar-refractivity contribution < 1.29 is 4.79 Å². The van der Waals surface area contributed by atoms with Crippen LogP contribution >= 0.6 is 12.2 Å². The predicted octanol–water partition coefficient (Wildman–Crippen LogP) is 1.83. The van der Waals surface area contributed by atoms with E-state index < -0.39 is 5.41 Å². The number of Topliss-reactive ketones (excluding diaryl/α,β-unsaturated/α-hetero) is 1. The second kappa shape index (κ2) is 5.58. The molecule has 0 saturated carbocycles. The molecule has 3 rings (SSSR count). The van der Waals surface area contributed by atoms with Crippen molar-refractivity contribution in [1.82, 2.24) is 15.2 Å². The van der Waals surface area contributed by atoms with Crippen LogP contribution in [0.4, 0.5) is 0 Å². The van der Waals surface area contributed by atoms with Gasteiger partial charge in [-0.05, 0) is 24.4 Å². The lowest BCUT2D eigenvalue weighted by molar-refractivity contribution is 0.104. The summed E-state index contributed by atoms with van der Waals surface area (Å²) in [5.41, 5.74) is 10.3. The minimum absolute atomic E-state index is 0.0341. The number of nitrogens with two attached hydrogens (primary N) is 1. The summed E-state index contributed by atoms with van der Waals surface area (Å²) in [6, 6.07) is 9.75. The van der Waals surface area contributed by atoms with Crippen molar-refractivity contribution >= 4 is 28.8 Å². The van der Waals surface area contributed by atoms with E-state index in [0.717, 1.165) is 11.4 Å². The number of ketones is 1. The van der Waals surface area contributed by atoms with Crippen molar-refractivity contribution in [1.29, 1.82) is 0 Å². The zero-order valence-corrected chi connectivity index (χ0v) is 13.7. The number of hydrogen-bond donors (Lipinski definition) is 2. The number of nitrogens with one attached hydrogen (secondary N) is 1. The Hall–Kier alpha value is -2.54. The largest absolute Gasteiger partial charge is 0.375 e. The molecule has 0 saturated heterocycles. The highest BCUT2D eigenvalue weighted by Crippen LogP contribution is 2.33. The first-order chi connectivity index (χ1) is 10.9. The highest BCUT2D eigenvalue weighted by molar-refractivity contribution is 7.80. The average molecular weight is 327 g/mol. The summed E-state index contributed by atoms with van der Waals surface area (Å²) >= 11 is 4.76. The van der Waals surface area contributed by atoms with Gasteiger partial charge in [-0.1, -0.05) is 32.0 Å². The van der Waals surface area contributed by atoms with Gasteiger partial charge >= 0.3 is 0 Å². The summed E-state index contributed by atoms with van der Waals surface area (Å²) in [6.45, 7) is 3.94. The van der Waals surface area contributed by atoms with Crippen LogP contribution < -0.4 is 11.2 Å². The summed E-state index contributed by atoms with van der Waals surface area (Å²) in [5.74, 6) is -0.151. The van der Waals surface area contributed by atoms with Crippen molar-refractivity contribution in [2.45, 2.75) is 20.3 Å². The monoisotopic (exact) mass is 327 g/mol. The molecule has 0 atom stereocenters. The quantitative estimate of drug-likeness (QED) is 0.649. The molecule has 0 aliphatic heterocycles. The Labute approximate surface area is 139 Å². The van der Waals surface area contributed by atoms with Crippen LogP contribution in [0.3, 0.4) is 0 Å². The summed E-state index contributed by atoms with van der Waals surface area (Å²) in [4.78, 5) is 12.8. The molecule has 2 aromatic rings. The molecule has 1 aliphatic rings. The third-order valence-electron chi connectivity index (χ3n) is 3.86. The van der Waals surface area contributed by atoms with E-state index in [4.69, 9.17) is 18.0 Å². The van der Waals surface area contributed by atoms with Crippen LogP contribution in [0.15, 0.2) is 41.6 Å². The number of thiocarbonyl (C=S) groups is 1. The standard InChI is InChI=1S/C16H17N5OS/c1-16(2)8-12-11(13(22)14(16)19-20-15(17)23)9-18-21(12)10-6-4-3-5-7-10/h3-7,9H,8H2,1-2H3,(H3,17,20,23). The van der Waals surface area contributed by atoms with Crippen LogP contribution in [-0.2, 0) is 6.42 Å². The second-order valence-electron chi connectivity index (χ2n) is 6.08. The van der Waals surface area contributed by atoms with E-state index in [0.29, 0.717) is 17.7 Å². The second-order valence-corrected chi connectivity index (χ2v) is 6.52. The maximum Gasteiger partial charge on any atom is 0.213 e. The van der Waals surface area contributed by atoms with Crippen LogP contribution in [-0.4, -0.2) is 26.4 Å². The number of para-hydroxylation sites is 1. The molecule has 0 amide bonds. The van der Waals surface area contributed by atoms with Crippen molar-refractivity contribution in [3.63, 3.8) is 0 Å². The first-order valence-electron chi connectivity index (χ1n) is 7.21. The average Bonchev–Trinajstić information content (AvgIpc) is 2.90. The van der Waals surface area contributed by atoms with E-state index >= 15 is 0 Å². The van der Waals surface area contributed by atoms with Crippen LogP contribution in [0.5, 0.6) is 0 Å². The Kier molecular flexibility index (Phi) is 3.73. The molecule has 0 fully saturated rings. The first kappa shape index (κ1) is 15.4. The Bertz CT molecular complexity index is 807. The van der Waals surface area contributed by atoms with Gasteiger partial charge in [0.1, 0.15) is 5.71 Å². The molecule has 0 spiro atoms. The Balaban J connectivity index is 2.07. The molecular formula is C16H17N5OS. The Morgan fingerprint density at radius 2 is 2.09 bits per heavy atom. The smallest absolute Gasteiger partial charge is 0.213 e. The van der Waals surface area contributed by atoms with Gasteiger partial charge in [-0.2, -0.15) is 10.2 Å². The van der Waals surface area contributed by atoms with Gasteiger partial charge in [-0.15, -0.1) is 0 Å². The van der Waals surface area contributed by atoms with Crippen molar-refractivity contribution in [3.05, 3.63) is 47.8 Å². The molecule has 1 aromatic heterocycles. The van der Waals surface area contributed by atoms with Gasteiger partial charge in [-0.25, -0.2) is 4.68 Å². The Morgan fingerprint density at radius 3 is 2.74 bits per heavy atom. The summed E-state index contributed by atoms with van der Waals surface area (Å²) in [6.07, 6.45) is 2.23. The molecule has 118 valence electrons. The van der Waals surface area contributed by atoms with Gasteiger partial charge in [0.15, 0.2) is 5.11 Å². The summed E-state index contributed by atoms with van der Waals surface area (Å²) in [7, 11) is 0. The van der Waals surface area contributed by atoms with E-state index in [1.165, 1.54) is 0 Å². The lowest BCUT2D eigenvalue weighted by Crippen LogP contribution is -2.41. The predicted molar refractivity (Wildman–Crippen MR) is 92.7 cm³/mol. The molecule has 1 aliphatic carbocycles. The van der Waals surface area contributed by atoms with Crippen LogP contribution in [0.2, 0.25) is 0 Å². The number of nitrogens with zero attached hydrogens (tertiary/aromatic N) is 3. The van der Waals surface area contributed by atoms with Gasteiger partial charge < -0.3 is 5.73 Å². The minimum atomic E-state index is -0.450. The molecule has 0 bridgehead atoms. The van der Waals surface area contributed by atoms with Gasteiger partial charge in [0, 0.05) is 11.8 Å². The molecule has 6 nitrogen and oxygen atoms in total. The lowest BCUT2D eigenvalue weighted by Gasteiger charge is -2.30. The molecule has 3 N–H and O–H groups in total. The van der Waals surface area contributed by atoms with Gasteiger partial charge in [0.2, 0.25) is 5.78 Å². The normalized spacial score (nSPS) is 17.8. The number of benzene rings is 1. The molecular weight excluding hydrogens is 310 g/mol. The maximum absolute atomic E-state index is 12.8. The van der Waals surface area contributed by atoms with Gasteiger partial charge in [-0.3, -0.25) is 10.2 Å². The zero-order valence-electron chi connectivity index (χ0n) is 12.9. The number of aromatic nitrogens is 2. The molecule has 23 heavy (non-hydrogen) atoms. The molecule has 1 aromatic carbocycles. The zero-order chi connectivity index (χ0) is 16.6. The minimum Gasteiger partial charge on any atom is -0.375 e. The van der Waals surface area contributed by atoms with E-state index in [-0.39, 0.29) is 10.9 Å². The van der Waals surface area contributed by atoms with E-state index in [1.54, 1.807) is 6.20 Å². The summed E-state index contributed by atoms with van der Waals surface area (Å²) in [5, 5.41) is 8.53. The number of carbonyl (C=O) groups excluding carboxylic acids is 1. The van der Waals surface area contributed by atoms with Gasteiger partial charge in [0.25, 0.3) is 0 Å². The van der Waals surface area contributed by atoms with Crippen LogP contribution in [0.25, 0.3) is 5.69 Å². The van der Waals surface area contributed by atoms with Crippen LogP contribution in [0, 0.1) is 5.41 Å². The SMILES string of the molecule is CC1(C)Cc2c(cnn2-c2ccccc2)C(=O)C1=NNC(N)=S. The fourth-order valence-electron chi connectivity index (χ4n) is 2.78. The number of fused-ring (bicyclic) bond motifs is 1. The lowest BCUT2D eigenvalue weighted by atomic mass is 9.74. The molecule has 1 heterocycles. The number of carbonyl (C=O) groups is 1. The molecule has 0 radical (unpaired) electrons. The van der Waals surface area contributed by atoms with Gasteiger partial charge in [0.05, 0.1) is 23.1 Å². The third kappa shape index (κ3) is 2.75. The topological polar surface area (TPSA) is 85.3 Å². The van der Waals surface area contributed by atoms with Crippen molar-refractivity contribution in [3.8, 4) is 5.69 Å². The highest BCUT2D eigenvalue weighted by Gasteiger charge is 2.40. The summed E-state index contributed by atoms with van der Waals surface area (Å²) < 4.78 is 1.81. The first-order valence-corrected chi connectivity index (χ1v) is 7.61. The van der Waals surface area contributed by atoms with Crippen LogP contribution in [0.1, 0.15) is 29.9 Å². The van der Waals surface area contributed by atoms with E-state index in [9.17, 15) is 4.79 Å². The maximum atomic E-state index is 12.8. The molecule has 7 heteroatoms. The van der Waals surface area contributed by atoms with E-state index in [2.05, 4.69) is 15.6 Å². The fraction of sp³-hybridized carbons (Fsp3) is 0.250. The highest BCUT2D eigenvalue weighted by atomic mass is 32.1. The number of hydrazone groups is 1.